The Kier molecular flexibility index (Phi) is 7.73. The van der Waals surface area contributed by atoms with E-state index in [-0.39, 0.29) is 0 Å². The summed E-state index contributed by atoms with van der Waals surface area (Å²) in [6, 6.07) is 0.629. The molecule has 3 aliphatic rings. The molecule has 0 amide bonds. The summed E-state index contributed by atoms with van der Waals surface area (Å²) in [5.41, 5.74) is 2.08. The van der Waals surface area contributed by atoms with E-state index in [0.717, 1.165) is 18.3 Å². The second kappa shape index (κ2) is 9.63. The summed E-state index contributed by atoms with van der Waals surface area (Å²) in [7, 11) is 0. The maximum absolute atomic E-state index is 6.32. The molecule has 0 aromatic carbocycles. The van der Waals surface area contributed by atoms with Gasteiger partial charge in [0.05, 0.1) is 0 Å². The number of alkyl halides is 1. The average molecular weight is 395 g/mol. The lowest BCUT2D eigenvalue weighted by molar-refractivity contribution is 0.0594. The third-order valence-corrected chi connectivity index (χ3v) is 7.94. The molecule has 156 valence electrons. The first-order valence-corrected chi connectivity index (χ1v) is 12.1. The van der Waals surface area contributed by atoms with Crippen LogP contribution in [0.4, 0.5) is 0 Å². The molecule has 1 saturated carbocycles. The molecule has 1 N–H and O–H groups in total. The predicted octanol–water partition coefficient (Wildman–Crippen LogP) is 5.86. The Balaban J connectivity index is 1.53. The Labute approximate surface area is 173 Å². The van der Waals surface area contributed by atoms with Crippen LogP contribution in [0.3, 0.4) is 0 Å². The summed E-state index contributed by atoms with van der Waals surface area (Å²) in [6.07, 6.45) is 13.0. The van der Waals surface area contributed by atoms with Crippen molar-refractivity contribution in [3.05, 3.63) is 11.6 Å². The molecule has 2 unspecified atom stereocenters. The number of likely N-dealkylation sites (tertiary alicyclic amines) is 1. The highest BCUT2D eigenvalue weighted by Crippen LogP contribution is 2.43. The zero-order chi connectivity index (χ0) is 19.4. The number of halogens is 1. The molecule has 0 spiro atoms. The molecule has 3 rings (SSSR count). The maximum atomic E-state index is 6.32. The molecule has 0 radical (unpaired) electrons. The topological polar surface area (TPSA) is 15.3 Å². The molecule has 3 atom stereocenters. The van der Waals surface area contributed by atoms with Crippen LogP contribution in [0.1, 0.15) is 79.1 Å². The fourth-order valence-corrected chi connectivity index (χ4v) is 5.97. The number of piperidine rings is 1. The van der Waals surface area contributed by atoms with Crippen molar-refractivity contribution >= 4 is 11.6 Å². The predicted molar refractivity (Wildman–Crippen MR) is 118 cm³/mol. The molecule has 0 bridgehead atoms. The number of nitrogens with one attached hydrogen (secondary N) is 1. The monoisotopic (exact) mass is 394 g/mol. The minimum atomic E-state index is 0.370. The van der Waals surface area contributed by atoms with Gasteiger partial charge in [0.2, 0.25) is 0 Å². The van der Waals surface area contributed by atoms with Crippen molar-refractivity contribution in [1.82, 2.24) is 10.2 Å². The quantitative estimate of drug-likeness (QED) is 0.430. The van der Waals surface area contributed by atoms with Crippen LogP contribution in [0.25, 0.3) is 0 Å². The Bertz CT molecular complexity index is 493. The Hall–Kier alpha value is -0.0500. The maximum Gasteiger partial charge on any atom is 0.0373 e. The van der Waals surface area contributed by atoms with Crippen molar-refractivity contribution in [3.63, 3.8) is 0 Å². The first-order chi connectivity index (χ1) is 12.8. The van der Waals surface area contributed by atoms with Crippen molar-refractivity contribution < 1.29 is 0 Å². The number of hydrogen-bond acceptors (Lipinski definition) is 2. The van der Waals surface area contributed by atoms with E-state index < -0.39 is 0 Å². The first kappa shape index (κ1) is 21.7. The largest absolute Gasteiger partial charge is 0.312 e. The molecule has 1 aliphatic heterocycles. The van der Waals surface area contributed by atoms with Gasteiger partial charge in [-0.3, -0.25) is 0 Å². The molecule has 1 saturated heterocycles. The van der Waals surface area contributed by atoms with Crippen molar-refractivity contribution in [1.29, 1.82) is 0 Å². The Morgan fingerprint density at radius 2 is 1.93 bits per heavy atom. The van der Waals surface area contributed by atoms with Gasteiger partial charge in [0.15, 0.2) is 0 Å². The van der Waals surface area contributed by atoms with E-state index in [1.807, 2.05) is 0 Å². The smallest absolute Gasteiger partial charge is 0.0373 e. The SMILES string of the molecule is CC(C)[C@H](CN1CCC(C2=CCC(Cl)CC2)C(C)(C)C1)NCC1CCCC1. The number of nitrogens with zero attached hydrogens (tertiary/aromatic N) is 1. The summed E-state index contributed by atoms with van der Waals surface area (Å²) in [5, 5.41) is 4.32. The van der Waals surface area contributed by atoms with Gasteiger partial charge in [-0.15, -0.1) is 11.6 Å². The van der Waals surface area contributed by atoms with Gasteiger partial charge in [-0.25, -0.2) is 0 Å². The highest BCUT2D eigenvalue weighted by Gasteiger charge is 2.38. The average Bonchev–Trinajstić information content (AvgIpc) is 3.12. The lowest BCUT2D eigenvalue weighted by atomic mass is 9.68. The van der Waals surface area contributed by atoms with Crippen LogP contribution < -0.4 is 5.32 Å². The molecule has 27 heavy (non-hydrogen) atoms. The molecule has 3 heteroatoms. The fourth-order valence-electron chi connectivity index (χ4n) is 5.77. The first-order valence-electron chi connectivity index (χ1n) is 11.6. The standard InChI is InChI=1S/C24H43ClN2/c1-18(2)23(26-15-19-7-5-6-8-19)16-27-14-13-22(24(3,4)17-27)20-9-11-21(25)12-10-20/h9,18-19,21-23,26H,5-8,10-17H2,1-4H3/t21?,22?,23-/m0/s1. The third kappa shape index (κ3) is 5.97. The molecule has 2 aliphatic carbocycles. The number of rotatable bonds is 7. The minimum absolute atomic E-state index is 0.370. The van der Waals surface area contributed by atoms with E-state index in [2.05, 4.69) is 44.0 Å². The third-order valence-electron chi connectivity index (χ3n) is 7.54. The molecular weight excluding hydrogens is 352 g/mol. The van der Waals surface area contributed by atoms with Crippen molar-refractivity contribution in [3.8, 4) is 0 Å². The Morgan fingerprint density at radius 1 is 1.19 bits per heavy atom. The number of allylic oxidation sites excluding steroid dienone is 2. The Morgan fingerprint density at radius 3 is 2.52 bits per heavy atom. The zero-order valence-electron chi connectivity index (χ0n) is 18.3. The van der Waals surface area contributed by atoms with Crippen molar-refractivity contribution in [2.45, 2.75) is 90.5 Å². The van der Waals surface area contributed by atoms with Gasteiger partial charge in [-0.2, -0.15) is 0 Å². The highest BCUT2D eigenvalue weighted by molar-refractivity contribution is 6.20. The summed E-state index contributed by atoms with van der Waals surface area (Å²) < 4.78 is 0. The van der Waals surface area contributed by atoms with Gasteiger partial charge in [-0.05, 0) is 74.8 Å². The molecule has 2 fully saturated rings. The summed E-state index contributed by atoms with van der Waals surface area (Å²) >= 11 is 6.32. The van der Waals surface area contributed by atoms with Gasteiger partial charge in [-0.1, -0.05) is 52.2 Å². The van der Waals surface area contributed by atoms with Gasteiger partial charge in [0.25, 0.3) is 0 Å². The van der Waals surface area contributed by atoms with Gasteiger partial charge in [0, 0.05) is 24.5 Å². The second-order valence-electron chi connectivity index (χ2n) is 10.6. The highest BCUT2D eigenvalue weighted by atomic mass is 35.5. The van der Waals surface area contributed by atoms with E-state index in [0.29, 0.717) is 22.8 Å². The minimum Gasteiger partial charge on any atom is -0.312 e. The van der Waals surface area contributed by atoms with E-state index in [1.54, 1.807) is 5.57 Å². The molecular formula is C24H43ClN2. The van der Waals surface area contributed by atoms with E-state index in [1.165, 1.54) is 71.1 Å². The molecule has 2 nitrogen and oxygen atoms in total. The molecule has 0 aromatic rings. The van der Waals surface area contributed by atoms with Gasteiger partial charge in [0.1, 0.15) is 0 Å². The lowest BCUT2D eigenvalue weighted by Crippen LogP contribution is -2.52. The fraction of sp³-hybridized carbons (Fsp3) is 0.917. The summed E-state index contributed by atoms with van der Waals surface area (Å²) in [6.45, 7) is 14.7. The van der Waals surface area contributed by atoms with Crippen molar-refractivity contribution in [2.75, 3.05) is 26.2 Å². The molecule has 0 aromatic heterocycles. The number of hydrogen-bond donors (Lipinski definition) is 1. The van der Waals surface area contributed by atoms with Crippen LogP contribution in [-0.2, 0) is 0 Å². The molecule has 1 heterocycles. The van der Waals surface area contributed by atoms with Crippen LogP contribution in [0, 0.1) is 23.2 Å². The van der Waals surface area contributed by atoms with Crippen LogP contribution in [-0.4, -0.2) is 42.5 Å². The summed E-state index contributed by atoms with van der Waals surface area (Å²) in [5.74, 6) is 2.38. The van der Waals surface area contributed by atoms with Crippen LogP contribution in [0.2, 0.25) is 0 Å². The second-order valence-corrected chi connectivity index (χ2v) is 11.2. The van der Waals surface area contributed by atoms with E-state index in [4.69, 9.17) is 11.6 Å². The van der Waals surface area contributed by atoms with E-state index in [9.17, 15) is 0 Å². The summed E-state index contributed by atoms with van der Waals surface area (Å²) in [4.78, 5) is 2.75. The van der Waals surface area contributed by atoms with E-state index >= 15 is 0 Å². The zero-order valence-corrected chi connectivity index (χ0v) is 19.0. The van der Waals surface area contributed by atoms with Gasteiger partial charge >= 0.3 is 0 Å². The normalized spacial score (nSPS) is 31.3. The van der Waals surface area contributed by atoms with Crippen LogP contribution in [0.5, 0.6) is 0 Å². The van der Waals surface area contributed by atoms with Crippen LogP contribution >= 0.6 is 11.6 Å². The van der Waals surface area contributed by atoms with Crippen LogP contribution in [0.15, 0.2) is 11.6 Å². The van der Waals surface area contributed by atoms with Crippen molar-refractivity contribution in [2.24, 2.45) is 23.2 Å². The van der Waals surface area contributed by atoms with Gasteiger partial charge < -0.3 is 10.2 Å². The lowest BCUT2D eigenvalue weighted by Gasteiger charge is -2.47.